The summed E-state index contributed by atoms with van der Waals surface area (Å²) in [5.74, 6) is 0.311. The molecule has 0 aliphatic carbocycles. The zero-order valence-electron chi connectivity index (χ0n) is 14.4. The standard InChI is InChI=1S/C16H20ClN5O4/c1-12(23)26-7-6-19-10-14(22(24)25)16-20(4-5-21(16)11-19)9-13-2-3-15(17)18-8-13/h2-3,8H,4-7,9-11H2,1H3. The van der Waals surface area contributed by atoms with E-state index >= 15 is 0 Å². The number of fused-ring (bicyclic) bond motifs is 1. The van der Waals surface area contributed by atoms with Gasteiger partial charge in [0.1, 0.15) is 11.8 Å². The maximum Gasteiger partial charge on any atom is 0.302 e. The summed E-state index contributed by atoms with van der Waals surface area (Å²) < 4.78 is 4.95. The SMILES string of the molecule is CC(=O)OCCN1CC([N+](=O)[O-])=C2N(Cc3ccc(Cl)nc3)CCN2C1. The molecule has 0 N–H and O–H groups in total. The van der Waals surface area contributed by atoms with E-state index in [1.807, 2.05) is 20.8 Å². The van der Waals surface area contributed by atoms with E-state index in [1.165, 1.54) is 6.92 Å². The molecule has 0 saturated carbocycles. The Morgan fingerprint density at radius 3 is 2.88 bits per heavy atom. The van der Waals surface area contributed by atoms with Gasteiger partial charge in [0.25, 0.3) is 5.70 Å². The monoisotopic (exact) mass is 381 g/mol. The zero-order chi connectivity index (χ0) is 18.7. The summed E-state index contributed by atoms with van der Waals surface area (Å²) >= 11 is 5.81. The lowest BCUT2D eigenvalue weighted by Gasteiger charge is -2.34. The number of carbonyl (C=O) groups excluding carboxylic acids is 1. The molecule has 2 aliphatic rings. The summed E-state index contributed by atoms with van der Waals surface area (Å²) in [7, 11) is 0. The molecule has 1 aromatic rings. The fraction of sp³-hybridized carbons (Fsp3) is 0.500. The molecule has 140 valence electrons. The Morgan fingerprint density at radius 1 is 1.42 bits per heavy atom. The molecular formula is C16H20ClN5O4. The summed E-state index contributed by atoms with van der Waals surface area (Å²) in [6.45, 7) is 4.77. The van der Waals surface area contributed by atoms with Crippen molar-refractivity contribution >= 4 is 17.6 Å². The second kappa shape index (κ2) is 7.88. The highest BCUT2D eigenvalue weighted by molar-refractivity contribution is 6.29. The minimum atomic E-state index is -0.350. The lowest BCUT2D eigenvalue weighted by Crippen LogP contribution is -2.46. The Bertz CT molecular complexity index is 724. The highest BCUT2D eigenvalue weighted by Crippen LogP contribution is 2.28. The topological polar surface area (TPSA) is 92.0 Å². The first kappa shape index (κ1) is 18.4. The largest absolute Gasteiger partial charge is 0.465 e. The fourth-order valence-corrected chi connectivity index (χ4v) is 3.32. The Morgan fingerprint density at radius 2 is 2.23 bits per heavy atom. The van der Waals surface area contributed by atoms with Crippen LogP contribution in [0.15, 0.2) is 29.8 Å². The Labute approximate surface area is 155 Å². The van der Waals surface area contributed by atoms with Crippen molar-refractivity contribution in [1.29, 1.82) is 0 Å². The van der Waals surface area contributed by atoms with Gasteiger partial charge in [0, 0.05) is 39.3 Å². The van der Waals surface area contributed by atoms with Crippen LogP contribution < -0.4 is 0 Å². The van der Waals surface area contributed by atoms with Crippen LogP contribution in [0.2, 0.25) is 5.15 Å². The van der Waals surface area contributed by atoms with Crippen LogP contribution in [0.5, 0.6) is 0 Å². The summed E-state index contributed by atoms with van der Waals surface area (Å²) in [5, 5.41) is 12.0. The molecule has 0 amide bonds. The van der Waals surface area contributed by atoms with E-state index in [0.717, 1.165) is 5.56 Å². The molecule has 0 bridgehead atoms. The number of ether oxygens (including phenoxy) is 1. The molecule has 0 atom stereocenters. The molecule has 0 unspecified atom stereocenters. The quantitative estimate of drug-likeness (QED) is 0.313. The van der Waals surface area contributed by atoms with Gasteiger partial charge in [-0.15, -0.1) is 0 Å². The number of carbonyl (C=O) groups is 1. The van der Waals surface area contributed by atoms with Gasteiger partial charge in [-0.3, -0.25) is 19.8 Å². The number of nitro groups is 1. The molecule has 0 aromatic carbocycles. The second-order valence-corrected chi connectivity index (χ2v) is 6.62. The third-order valence-electron chi connectivity index (χ3n) is 4.34. The first-order chi connectivity index (χ1) is 12.4. The van der Waals surface area contributed by atoms with E-state index in [-0.39, 0.29) is 29.7 Å². The first-order valence-electron chi connectivity index (χ1n) is 8.27. The molecule has 26 heavy (non-hydrogen) atoms. The van der Waals surface area contributed by atoms with E-state index in [4.69, 9.17) is 16.3 Å². The van der Waals surface area contributed by atoms with Gasteiger partial charge in [-0.25, -0.2) is 4.98 Å². The van der Waals surface area contributed by atoms with Crippen molar-refractivity contribution in [2.24, 2.45) is 0 Å². The average Bonchev–Trinajstić information content (AvgIpc) is 2.98. The van der Waals surface area contributed by atoms with Gasteiger partial charge in [0.05, 0.1) is 18.1 Å². The second-order valence-electron chi connectivity index (χ2n) is 6.24. The fourth-order valence-electron chi connectivity index (χ4n) is 3.21. The Hall–Kier alpha value is -2.39. The van der Waals surface area contributed by atoms with Crippen LogP contribution >= 0.6 is 11.6 Å². The van der Waals surface area contributed by atoms with Gasteiger partial charge in [-0.05, 0) is 11.6 Å². The van der Waals surface area contributed by atoms with Crippen LogP contribution in [0.4, 0.5) is 0 Å². The van der Waals surface area contributed by atoms with Crippen molar-refractivity contribution < 1.29 is 14.5 Å². The normalized spacial score (nSPS) is 17.5. The lowest BCUT2D eigenvalue weighted by atomic mass is 10.2. The van der Waals surface area contributed by atoms with Gasteiger partial charge in [-0.1, -0.05) is 17.7 Å². The van der Waals surface area contributed by atoms with Crippen molar-refractivity contribution in [1.82, 2.24) is 19.7 Å². The van der Waals surface area contributed by atoms with E-state index in [9.17, 15) is 14.9 Å². The lowest BCUT2D eigenvalue weighted by molar-refractivity contribution is -0.433. The smallest absolute Gasteiger partial charge is 0.302 e. The highest BCUT2D eigenvalue weighted by Gasteiger charge is 2.39. The first-order valence-corrected chi connectivity index (χ1v) is 8.65. The van der Waals surface area contributed by atoms with Crippen LogP contribution in [0, 0.1) is 10.1 Å². The van der Waals surface area contributed by atoms with E-state index < -0.39 is 0 Å². The molecule has 1 saturated heterocycles. The molecule has 0 radical (unpaired) electrons. The minimum Gasteiger partial charge on any atom is -0.465 e. The molecule has 2 aliphatic heterocycles. The maximum absolute atomic E-state index is 11.6. The maximum atomic E-state index is 11.6. The number of pyridine rings is 1. The van der Waals surface area contributed by atoms with Gasteiger partial charge in [0.2, 0.25) is 0 Å². The average molecular weight is 382 g/mol. The molecule has 0 spiro atoms. The van der Waals surface area contributed by atoms with Crippen molar-refractivity contribution in [3.8, 4) is 0 Å². The number of rotatable bonds is 6. The Kier molecular flexibility index (Phi) is 5.58. The number of aromatic nitrogens is 1. The number of hydrogen-bond donors (Lipinski definition) is 0. The van der Waals surface area contributed by atoms with Gasteiger partial charge in [0.15, 0.2) is 5.82 Å². The third kappa shape index (κ3) is 4.23. The van der Waals surface area contributed by atoms with Crippen LogP contribution in [-0.4, -0.2) is 70.0 Å². The predicted molar refractivity (Wildman–Crippen MR) is 93.5 cm³/mol. The molecule has 3 rings (SSSR count). The van der Waals surface area contributed by atoms with Crippen molar-refractivity contribution in [2.45, 2.75) is 13.5 Å². The van der Waals surface area contributed by atoms with Gasteiger partial charge < -0.3 is 14.5 Å². The van der Waals surface area contributed by atoms with E-state index in [1.54, 1.807) is 12.3 Å². The molecule has 3 heterocycles. The van der Waals surface area contributed by atoms with Crippen molar-refractivity contribution in [3.63, 3.8) is 0 Å². The van der Waals surface area contributed by atoms with E-state index in [2.05, 4.69) is 4.98 Å². The van der Waals surface area contributed by atoms with Crippen LogP contribution in [0.1, 0.15) is 12.5 Å². The zero-order valence-corrected chi connectivity index (χ0v) is 15.2. The number of nitrogens with zero attached hydrogens (tertiary/aromatic N) is 5. The Balaban J connectivity index is 1.74. The summed E-state index contributed by atoms with van der Waals surface area (Å²) in [6, 6.07) is 3.59. The van der Waals surface area contributed by atoms with Crippen LogP contribution in [0.3, 0.4) is 0 Å². The van der Waals surface area contributed by atoms with Gasteiger partial charge >= 0.3 is 5.97 Å². The number of hydrogen-bond acceptors (Lipinski definition) is 8. The van der Waals surface area contributed by atoms with E-state index in [0.29, 0.717) is 43.8 Å². The molecule has 1 fully saturated rings. The van der Waals surface area contributed by atoms with Crippen LogP contribution in [-0.2, 0) is 16.1 Å². The summed E-state index contributed by atoms with van der Waals surface area (Å²) in [6.07, 6.45) is 1.69. The molecule has 9 nitrogen and oxygen atoms in total. The predicted octanol–water partition coefficient (Wildman–Crippen LogP) is 1.13. The minimum absolute atomic E-state index is 0.165. The molecule has 10 heteroatoms. The number of halogens is 1. The number of esters is 1. The summed E-state index contributed by atoms with van der Waals surface area (Å²) in [5.41, 5.74) is 1.11. The molecular weight excluding hydrogens is 362 g/mol. The van der Waals surface area contributed by atoms with Crippen molar-refractivity contribution in [3.05, 3.63) is 50.7 Å². The molecule has 1 aromatic heterocycles. The van der Waals surface area contributed by atoms with Gasteiger partial charge in [-0.2, -0.15) is 0 Å². The highest BCUT2D eigenvalue weighted by atomic mass is 35.5. The van der Waals surface area contributed by atoms with Crippen molar-refractivity contribution in [2.75, 3.05) is 39.5 Å². The third-order valence-corrected chi connectivity index (χ3v) is 4.56. The van der Waals surface area contributed by atoms with Crippen LogP contribution in [0.25, 0.3) is 0 Å². The summed E-state index contributed by atoms with van der Waals surface area (Å²) in [4.78, 5) is 32.2.